The van der Waals surface area contributed by atoms with Crippen LogP contribution in [-0.2, 0) is 4.79 Å². The summed E-state index contributed by atoms with van der Waals surface area (Å²) in [6.07, 6.45) is 1.35. The number of hydrogen-bond acceptors (Lipinski definition) is 3. The molecule has 82 valence electrons. The number of carbonyl (C=O) groups is 1. The number of azo groups is 1. The van der Waals surface area contributed by atoms with Crippen LogP contribution in [0.1, 0.15) is 54.4 Å². The van der Waals surface area contributed by atoms with Crippen molar-refractivity contribution in [1.82, 2.24) is 0 Å². The van der Waals surface area contributed by atoms with Gasteiger partial charge in [0.25, 0.3) is 0 Å². The van der Waals surface area contributed by atoms with E-state index in [1.165, 1.54) is 0 Å². The van der Waals surface area contributed by atoms with Crippen LogP contribution in [-0.4, -0.2) is 16.9 Å². The number of Topliss-reactive ketones (excluding diaryl/α,β-unsaturated/α-hetero) is 1. The number of rotatable bonds is 4. The van der Waals surface area contributed by atoms with E-state index in [1.54, 1.807) is 6.92 Å². The molecule has 0 aromatic carbocycles. The van der Waals surface area contributed by atoms with Gasteiger partial charge in [0.2, 0.25) is 0 Å². The van der Waals surface area contributed by atoms with Gasteiger partial charge in [0, 0.05) is 6.42 Å². The summed E-state index contributed by atoms with van der Waals surface area (Å²) in [7, 11) is 0. The van der Waals surface area contributed by atoms with Gasteiger partial charge in [0.1, 0.15) is 5.78 Å². The molecule has 0 radical (unpaired) electrons. The molecule has 0 amide bonds. The Labute approximate surface area is 87.0 Å². The van der Waals surface area contributed by atoms with Crippen molar-refractivity contribution in [3.63, 3.8) is 0 Å². The molecular formula is C11H22N2O. The van der Waals surface area contributed by atoms with Gasteiger partial charge in [-0.15, -0.1) is 0 Å². The van der Waals surface area contributed by atoms with Crippen molar-refractivity contribution in [3.05, 3.63) is 0 Å². The van der Waals surface area contributed by atoms with Gasteiger partial charge in [0.05, 0.1) is 11.1 Å². The van der Waals surface area contributed by atoms with Crippen LogP contribution in [0.15, 0.2) is 10.2 Å². The summed E-state index contributed by atoms with van der Waals surface area (Å²) in [5.74, 6) is 0.212. The van der Waals surface area contributed by atoms with Crippen molar-refractivity contribution in [3.8, 4) is 0 Å². The number of carbonyl (C=O) groups excluding carboxylic acids is 1. The third-order valence-electron chi connectivity index (χ3n) is 1.71. The van der Waals surface area contributed by atoms with E-state index in [9.17, 15) is 4.79 Å². The Hall–Kier alpha value is -0.730. The molecule has 0 saturated heterocycles. The topological polar surface area (TPSA) is 41.8 Å². The zero-order valence-electron chi connectivity index (χ0n) is 10.2. The molecule has 3 heteroatoms. The van der Waals surface area contributed by atoms with Gasteiger partial charge >= 0.3 is 0 Å². The minimum absolute atomic E-state index is 0.131. The molecule has 0 unspecified atom stereocenters. The van der Waals surface area contributed by atoms with Crippen LogP contribution in [0.4, 0.5) is 0 Å². The predicted molar refractivity (Wildman–Crippen MR) is 58.6 cm³/mol. The highest BCUT2D eigenvalue weighted by Crippen LogP contribution is 2.20. The molecule has 0 rings (SSSR count). The fourth-order valence-corrected chi connectivity index (χ4v) is 0.817. The molecule has 0 aromatic heterocycles. The minimum Gasteiger partial charge on any atom is -0.300 e. The van der Waals surface area contributed by atoms with Crippen LogP contribution in [0.25, 0.3) is 0 Å². The monoisotopic (exact) mass is 198 g/mol. The molecule has 0 aromatic rings. The van der Waals surface area contributed by atoms with E-state index in [4.69, 9.17) is 0 Å². The molecule has 0 spiro atoms. The SMILES string of the molecule is CC(=O)CCC(C)(C)N=NC(C)(C)C. The molecule has 0 fully saturated rings. The second-order valence-electron chi connectivity index (χ2n) is 5.39. The lowest BCUT2D eigenvalue weighted by Crippen LogP contribution is -2.19. The van der Waals surface area contributed by atoms with Crippen molar-refractivity contribution in [2.45, 2.75) is 65.5 Å². The summed E-state index contributed by atoms with van der Waals surface area (Å²) >= 11 is 0. The van der Waals surface area contributed by atoms with Crippen LogP contribution < -0.4 is 0 Å². The first kappa shape index (κ1) is 13.3. The average Bonchev–Trinajstić information content (AvgIpc) is 1.97. The van der Waals surface area contributed by atoms with Crippen LogP contribution in [0.3, 0.4) is 0 Å². The third-order valence-corrected chi connectivity index (χ3v) is 1.71. The Morgan fingerprint density at radius 1 is 1.07 bits per heavy atom. The fraction of sp³-hybridized carbons (Fsp3) is 0.909. The summed E-state index contributed by atoms with van der Waals surface area (Å²) in [4.78, 5) is 10.8. The zero-order valence-corrected chi connectivity index (χ0v) is 10.2. The van der Waals surface area contributed by atoms with E-state index >= 15 is 0 Å². The largest absolute Gasteiger partial charge is 0.300 e. The summed E-state index contributed by atoms with van der Waals surface area (Å²) in [5.41, 5.74) is -0.355. The Balaban J connectivity index is 4.20. The Morgan fingerprint density at radius 3 is 1.93 bits per heavy atom. The van der Waals surface area contributed by atoms with E-state index < -0.39 is 0 Å². The number of ketones is 1. The lowest BCUT2D eigenvalue weighted by atomic mass is 9.98. The zero-order chi connectivity index (χ0) is 11.4. The summed E-state index contributed by atoms with van der Waals surface area (Å²) < 4.78 is 0. The predicted octanol–water partition coefficient (Wildman–Crippen LogP) is 3.38. The van der Waals surface area contributed by atoms with Gasteiger partial charge in [-0.05, 0) is 48.0 Å². The van der Waals surface area contributed by atoms with E-state index in [2.05, 4.69) is 10.2 Å². The summed E-state index contributed by atoms with van der Waals surface area (Å²) in [6.45, 7) is 11.7. The Morgan fingerprint density at radius 2 is 1.57 bits per heavy atom. The van der Waals surface area contributed by atoms with E-state index in [0.717, 1.165) is 6.42 Å². The molecule has 3 nitrogen and oxygen atoms in total. The molecule has 0 aliphatic carbocycles. The first-order chi connectivity index (χ1) is 6.12. The summed E-state index contributed by atoms with van der Waals surface area (Å²) in [5, 5.41) is 8.49. The van der Waals surface area contributed by atoms with Crippen molar-refractivity contribution in [2.75, 3.05) is 0 Å². The Bertz CT molecular complexity index is 224. The molecule has 0 aliphatic heterocycles. The van der Waals surface area contributed by atoms with Crippen LogP contribution in [0, 0.1) is 0 Å². The average molecular weight is 198 g/mol. The van der Waals surface area contributed by atoms with Crippen molar-refractivity contribution < 1.29 is 4.79 Å². The molecule has 14 heavy (non-hydrogen) atoms. The molecule has 0 bridgehead atoms. The molecule has 0 atom stereocenters. The molecule has 0 N–H and O–H groups in total. The van der Waals surface area contributed by atoms with Gasteiger partial charge in [-0.2, -0.15) is 10.2 Å². The molecular weight excluding hydrogens is 176 g/mol. The van der Waals surface area contributed by atoms with Gasteiger partial charge < -0.3 is 4.79 Å². The van der Waals surface area contributed by atoms with Gasteiger partial charge in [-0.25, -0.2) is 0 Å². The van der Waals surface area contributed by atoms with Crippen LogP contribution in [0.5, 0.6) is 0 Å². The summed E-state index contributed by atoms with van der Waals surface area (Å²) in [6, 6.07) is 0. The number of nitrogens with zero attached hydrogens (tertiary/aromatic N) is 2. The van der Waals surface area contributed by atoms with Crippen molar-refractivity contribution in [2.24, 2.45) is 10.2 Å². The maximum Gasteiger partial charge on any atom is 0.129 e. The third kappa shape index (κ3) is 7.90. The highest BCUT2D eigenvalue weighted by molar-refractivity contribution is 5.75. The molecule has 0 saturated carbocycles. The highest BCUT2D eigenvalue weighted by Gasteiger charge is 2.18. The van der Waals surface area contributed by atoms with Crippen LogP contribution in [0.2, 0.25) is 0 Å². The van der Waals surface area contributed by atoms with E-state index in [-0.39, 0.29) is 16.9 Å². The van der Waals surface area contributed by atoms with E-state index in [0.29, 0.717) is 6.42 Å². The number of hydrogen-bond donors (Lipinski definition) is 0. The van der Waals surface area contributed by atoms with Gasteiger partial charge in [-0.3, -0.25) is 0 Å². The lowest BCUT2D eigenvalue weighted by molar-refractivity contribution is -0.117. The van der Waals surface area contributed by atoms with Crippen molar-refractivity contribution >= 4 is 5.78 Å². The normalized spacial score (nSPS) is 13.6. The fourth-order valence-electron chi connectivity index (χ4n) is 0.817. The van der Waals surface area contributed by atoms with E-state index in [1.807, 2.05) is 34.6 Å². The Kier molecular flexibility index (Phi) is 4.43. The minimum atomic E-state index is -0.223. The second-order valence-corrected chi connectivity index (χ2v) is 5.39. The highest BCUT2D eigenvalue weighted by atomic mass is 16.1. The first-order valence-electron chi connectivity index (χ1n) is 5.06. The molecule has 0 aliphatic rings. The maximum absolute atomic E-state index is 10.8. The first-order valence-corrected chi connectivity index (χ1v) is 5.06. The van der Waals surface area contributed by atoms with Crippen LogP contribution >= 0.6 is 0 Å². The maximum atomic E-state index is 10.8. The van der Waals surface area contributed by atoms with Gasteiger partial charge in [-0.1, -0.05) is 0 Å². The standard InChI is InChI=1S/C11H22N2O/c1-9(14)7-8-11(5,6)13-12-10(2,3)4/h7-8H2,1-6H3. The quantitative estimate of drug-likeness (QED) is 0.638. The smallest absolute Gasteiger partial charge is 0.129 e. The second kappa shape index (κ2) is 4.67. The molecule has 0 heterocycles. The van der Waals surface area contributed by atoms with Gasteiger partial charge in [0.15, 0.2) is 0 Å². The lowest BCUT2D eigenvalue weighted by Gasteiger charge is -2.19. The van der Waals surface area contributed by atoms with Crippen molar-refractivity contribution in [1.29, 1.82) is 0 Å².